The van der Waals surface area contributed by atoms with Crippen molar-refractivity contribution in [1.82, 2.24) is 15.6 Å². The Kier molecular flexibility index (Phi) is 5.15. The molecule has 3 nitrogen and oxygen atoms in total. The highest BCUT2D eigenvalue weighted by Crippen LogP contribution is 2.24. The molecule has 1 atom stereocenters. The van der Waals surface area contributed by atoms with E-state index in [1.807, 2.05) is 11.3 Å². The molecule has 4 heteroatoms. The highest BCUT2D eigenvalue weighted by molar-refractivity contribution is 7.11. The molecule has 0 bridgehead atoms. The molecule has 0 aliphatic heterocycles. The molecule has 2 rings (SSSR count). The lowest BCUT2D eigenvalue weighted by Gasteiger charge is -2.15. The van der Waals surface area contributed by atoms with Gasteiger partial charge in [-0.1, -0.05) is 12.8 Å². The highest BCUT2D eigenvalue weighted by atomic mass is 32.1. The summed E-state index contributed by atoms with van der Waals surface area (Å²) in [6.45, 7) is 8.53. The van der Waals surface area contributed by atoms with Crippen LogP contribution in [0.1, 0.15) is 54.2 Å². The maximum atomic E-state index is 4.49. The normalized spacial score (nSPS) is 18.4. The van der Waals surface area contributed by atoms with Gasteiger partial charge in [0.15, 0.2) is 0 Å². The van der Waals surface area contributed by atoms with Crippen LogP contribution in [0.15, 0.2) is 0 Å². The van der Waals surface area contributed by atoms with Gasteiger partial charge in [-0.25, -0.2) is 4.98 Å². The molecule has 1 aliphatic carbocycles. The summed E-state index contributed by atoms with van der Waals surface area (Å²) in [5.41, 5.74) is 1.18. The number of hydrogen-bond donors (Lipinski definition) is 2. The van der Waals surface area contributed by atoms with Crippen molar-refractivity contribution in [1.29, 1.82) is 0 Å². The van der Waals surface area contributed by atoms with E-state index in [9.17, 15) is 0 Å². The maximum absolute atomic E-state index is 4.49. The van der Waals surface area contributed by atoms with Gasteiger partial charge in [-0.15, -0.1) is 11.3 Å². The van der Waals surface area contributed by atoms with Crippen molar-refractivity contribution in [3.63, 3.8) is 0 Å². The third-order valence-electron chi connectivity index (χ3n) is 3.70. The second-order valence-corrected chi connectivity index (χ2v) is 6.53. The van der Waals surface area contributed by atoms with E-state index in [2.05, 4.69) is 36.4 Å². The van der Waals surface area contributed by atoms with E-state index in [-0.39, 0.29) is 0 Å². The van der Waals surface area contributed by atoms with Crippen molar-refractivity contribution in [2.75, 3.05) is 13.1 Å². The van der Waals surface area contributed by atoms with Gasteiger partial charge < -0.3 is 10.6 Å². The summed E-state index contributed by atoms with van der Waals surface area (Å²) < 4.78 is 0. The third-order valence-corrected chi connectivity index (χ3v) is 4.95. The van der Waals surface area contributed by atoms with Crippen molar-refractivity contribution in [3.05, 3.63) is 15.6 Å². The minimum atomic E-state index is 0.418. The lowest BCUT2D eigenvalue weighted by molar-refractivity contribution is 0.489. The molecular formula is C14H25N3S. The standard InChI is InChI=1S/C14H25N3S/c1-10(14-11(2)17-12(3)18-14)15-8-9-16-13-6-4-5-7-13/h10,13,15-16H,4-9H2,1-3H3. The Labute approximate surface area is 114 Å². The van der Waals surface area contributed by atoms with Crippen molar-refractivity contribution < 1.29 is 0 Å². The van der Waals surface area contributed by atoms with E-state index in [4.69, 9.17) is 0 Å². The molecule has 1 aromatic rings. The molecule has 0 spiro atoms. The molecule has 0 saturated heterocycles. The third kappa shape index (κ3) is 3.77. The molecule has 1 unspecified atom stereocenters. The van der Waals surface area contributed by atoms with Crippen LogP contribution in [0.5, 0.6) is 0 Å². The zero-order valence-electron chi connectivity index (χ0n) is 11.8. The van der Waals surface area contributed by atoms with Gasteiger partial charge in [0.05, 0.1) is 10.7 Å². The smallest absolute Gasteiger partial charge is 0.0900 e. The molecule has 0 amide bonds. The second kappa shape index (κ2) is 6.64. The van der Waals surface area contributed by atoms with E-state index < -0.39 is 0 Å². The van der Waals surface area contributed by atoms with Crippen LogP contribution in [-0.2, 0) is 0 Å². The Balaban J connectivity index is 1.68. The fraction of sp³-hybridized carbons (Fsp3) is 0.786. The van der Waals surface area contributed by atoms with Crippen LogP contribution in [0.3, 0.4) is 0 Å². The lowest BCUT2D eigenvalue weighted by Crippen LogP contribution is -2.34. The topological polar surface area (TPSA) is 37.0 Å². The maximum Gasteiger partial charge on any atom is 0.0900 e. The fourth-order valence-corrected chi connectivity index (χ4v) is 3.69. The number of nitrogens with zero attached hydrogens (tertiary/aromatic N) is 1. The summed E-state index contributed by atoms with van der Waals surface area (Å²) in [6.07, 6.45) is 5.53. The largest absolute Gasteiger partial charge is 0.313 e. The van der Waals surface area contributed by atoms with Crippen LogP contribution < -0.4 is 10.6 Å². The Hall–Kier alpha value is -0.450. The summed E-state index contributed by atoms with van der Waals surface area (Å²) in [4.78, 5) is 5.87. The fourth-order valence-electron chi connectivity index (χ4n) is 2.74. The van der Waals surface area contributed by atoms with Crippen LogP contribution >= 0.6 is 11.3 Å². The second-order valence-electron chi connectivity index (χ2n) is 5.29. The first-order valence-electron chi connectivity index (χ1n) is 7.07. The predicted molar refractivity (Wildman–Crippen MR) is 78.3 cm³/mol. The molecule has 1 aromatic heterocycles. The van der Waals surface area contributed by atoms with E-state index in [0.717, 1.165) is 19.1 Å². The van der Waals surface area contributed by atoms with Crippen LogP contribution in [-0.4, -0.2) is 24.1 Å². The number of nitrogens with one attached hydrogen (secondary N) is 2. The van der Waals surface area contributed by atoms with Crippen molar-refractivity contribution in [2.45, 2.75) is 58.5 Å². The highest BCUT2D eigenvalue weighted by Gasteiger charge is 2.14. The van der Waals surface area contributed by atoms with E-state index in [0.29, 0.717) is 6.04 Å². The summed E-state index contributed by atoms with van der Waals surface area (Å²) >= 11 is 1.81. The predicted octanol–water partition coefficient (Wildman–Crippen LogP) is 2.94. The van der Waals surface area contributed by atoms with Crippen LogP contribution in [0, 0.1) is 13.8 Å². The number of hydrogen-bond acceptors (Lipinski definition) is 4. The van der Waals surface area contributed by atoms with Crippen molar-refractivity contribution in [2.24, 2.45) is 0 Å². The summed E-state index contributed by atoms with van der Waals surface area (Å²) in [5, 5.41) is 8.39. The summed E-state index contributed by atoms with van der Waals surface area (Å²) in [7, 11) is 0. The zero-order valence-corrected chi connectivity index (χ0v) is 12.6. The van der Waals surface area contributed by atoms with E-state index in [1.165, 1.54) is 41.3 Å². The molecule has 102 valence electrons. The average molecular weight is 267 g/mol. The quantitative estimate of drug-likeness (QED) is 0.778. The monoisotopic (exact) mass is 267 g/mol. The Morgan fingerprint density at radius 2 is 2.00 bits per heavy atom. The molecule has 1 fully saturated rings. The van der Waals surface area contributed by atoms with Gasteiger partial charge in [0.25, 0.3) is 0 Å². The van der Waals surface area contributed by atoms with E-state index >= 15 is 0 Å². The molecule has 1 heterocycles. The van der Waals surface area contributed by atoms with Crippen molar-refractivity contribution in [3.8, 4) is 0 Å². The molecule has 1 aliphatic rings. The van der Waals surface area contributed by atoms with Crippen molar-refractivity contribution >= 4 is 11.3 Å². The number of aryl methyl sites for hydroxylation is 2. The Bertz CT molecular complexity index is 369. The van der Waals surface area contributed by atoms with E-state index in [1.54, 1.807) is 0 Å². The number of rotatable bonds is 6. The molecule has 0 aromatic carbocycles. The Morgan fingerprint density at radius 1 is 1.28 bits per heavy atom. The van der Waals surface area contributed by atoms with Gasteiger partial charge in [-0.3, -0.25) is 0 Å². The summed E-state index contributed by atoms with van der Waals surface area (Å²) in [5.74, 6) is 0. The SMILES string of the molecule is Cc1nc(C)c(C(C)NCCNC2CCCC2)s1. The van der Waals surface area contributed by atoms with Crippen LogP contribution in [0.2, 0.25) is 0 Å². The van der Waals surface area contributed by atoms with Gasteiger partial charge in [0.1, 0.15) is 0 Å². The minimum absolute atomic E-state index is 0.418. The first-order valence-corrected chi connectivity index (χ1v) is 7.89. The van der Waals surface area contributed by atoms with Gasteiger partial charge in [0.2, 0.25) is 0 Å². The summed E-state index contributed by atoms with van der Waals surface area (Å²) in [6, 6.07) is 1.19. The molecule has 18 heavy (non-hydrogen) atoms. The number of thiazole rings is 1. The molecular weight excluding hydrogens is 242 g/mol. The average Bonchev–Trinajstić information content (AvgIpc) is 2.94. The lowest BCUT2D eigenvalue weighted by atomic mass is 10.2. The first-order chi connectivity index (χ1) is 8.66. The molecule has 2 N–H and O–H groups in total. The minimum Gasteiger partial charge on any atom is -0.313 e. The molecule has 0 radical (unpaired) electrons. The van der Waals surface area contributed by atoms with Crippen LogP contribution in [0.25, 0.3) is 0 Å². The molecule has 1 saturated carbocycles. The zero-order chi connectivity index (χ0) is 13.0. The van der Waals surface area contributed by atoms with Gasteiger partial charge >= 0.3 is 0 Å². The first kappa shape index (κ1) is 14.0. The Morgan fingerprint density at radius 3 is 2.61 bits per heavy atom. The van der Waals surface area contributed by atoms with Gasteiger partial charge in [-0.05, 0) is 33.6 Å². The van der Waals surface area contributed by atoms with Gasteiger partial charge in [-0.2, -0.15) is 0 Å². The van der Waals surface area contributed by atoms with Crippen LogP contribution in [0.4, 0.5) is 0 Å². The number of aromatic nitrogens is 1. The van der Waals surface area contributed by atoms with Gasteiger partial charge in [0, 0.05) is 30.1 Å².